The van der Waals surface area contributed by atoms with Crippen molar-refractivity contribution < 1.29 is 24.4 Å². The molecule has 2 aliphatic carbocycles. The number of nitro groups is 1. The van der Waals surface area contributed by atoms with Crippen molar-refractivity contribution in [2.75, 3.05) is 7.11 Å². The molecule has 1 heterocycles. The van der Waals surface area contributed by atoms with E-state index in [0.717, 1.165) is 17.5 Å². The molecule has 3 aliphatic rings. The second-order valence-electron chi connectivity index (χ2n) is 6.58. The Hall–Kier alpha value is -3.23. The average Bonchev–Trinajstić information content (AvgIpc) is 3.28. The first kappa shape index (κ1) is 16.2. The van der Waals surface area contributed by atoms with Crippen LogP contribution < -0.4 is 4.74 Å². The molecule has 0 unspecified atom stereocenters. The average molecular weight is 357 g/mol. The van der Waals surface area contributed by atoms with Gasteiger partial charge in [-0.3, -0.25) is 19.7 Å². The molecule has 134 valence electrons. The third-order valence-corrected chi connectivity index (χ3v) is 5.26. The Morgan fingerprint density at radius 1 is 1.27 bits per heavy atom. The molecule has 2 bridgehead atoms. The first-order valence-corrected chi connectivity index (χ1v) is 8.08. The number of nitro benzene ring substituents is 1. The number of nitrogens with zero attached hydrogens (tertiary/aromatic N) is 3. The molecule has 1 saturated heterocycles. The van der Waals surface area contributed by atoms with Crippen molar-refractivity contribution in [1.82, 2.24) is 5.01 Å². The van der Waals surface area contributed by atoms with Crippen LogP contribution >= 0.6 is 0 Å². The standard InChI is InChI=1S/C17H15N3O6/c1-26-12-5-8(4-11(15(12)21)20(24)25)7-18-19-16(22)13-9-2-3-10(6-9)14(13)17(19)23/h2-5,7,9-10,13-14,21H,6H2,1H3/b18-7-/t9-,10-,13+,14+/m0/s1. The van der Waals surface area contributed by atoms with Gasteiger partial charge < -0.3 is 9.84 Å². The third-order valence-electron chi connectivity index (χ3n) is 5.26. The molecule has 2 fully saturated rings. The number of hydrazone groups is 1. The minimum absolute atomic E-state index is 0.0801. The molecule has 4 rings (SSSR count). The van der Waals surface area contributed by atoms with Crippen LogP contribution in [0.1, 0.15) is 12.0 Å². The van der Waals surface area contributed by atoms with E-state index in [-0.39, 0.29) is 46.8 Å². The van der Waals surface area contributed by atoms with Crippen LogP contribution in [0.3, 0.4) is 0 Å². The van der Waals surface area contributed by atoms with Crippen LogP contribution in [-0.4, -0.2) is 40.2 Å². The lowest BCUT2D eigenvalue weighted by atomic mass is 9.85. The van der Waals surface area contributed by atoms with Crippen molar-refractivity contribution >= 4 is 23.7 Å². The summed E-state index contributed by atoms with van der Waals surface area (Å²) >= 11 is 0. The number of allylic oxidation sites excluding steroid dienone is 2. The van der Waals surface area contributed by atoms with Gasteiger partial charge in [0.2, 0.25) is 5.75 Å². The molecule has 9 heteroatoms. The zero-order chi connectivity index (χ0) is 18.6. The number of carbonyl (C=O) groups is 2. The summed E-state index contributed by atoms with van der Waals surface area (Å²) in [4.78, 5) is 35.4. The van der Waals surface area contributed by atoms with E-state index >= 15 is 0 Å². The highest BCUT2D eigenvalue weighted by atomic mass is 16.6. The van der Waals surface area contributed by atoms with E-state index in [9.17, 15) is 24.8 Å². The molecule has 0 aromatic heterocycles. The summed E-state index contributed by atoms with van der Waals surface area (Å²) in [5.74, 6) is -1.94. The largest absolute Gasteiger partial charge is 0.500 e. The minimum Gasteiger partial charge on any atom is -0.500 e. The molecule has 1 aromatic rings. The van der Waals surface area contributed by atoms with Crippen molar-refractivity contribution in [2.45, 2.75) is 6.42 Å². The molecule has 26 heavy (non-hydrogen) atoms. The fourth-order valence-corrected chi connectivity index (χ4v) is 4.11. The molecule has 0 radical (unpaired) electrons. The van der Waals surface area contributed by atoms with E-state index in [1.165, 1.54) is 19.4 Å². The fraction of sp³-hybridized carbons (Fsp3) is 0.353. The van der Waals surface area contributed by atoms with Crippen LogP contribution in [0, 0.1) is 33.8 Å². The Morgan fingerprint density at radius 3 is 2.42 bits per heavy atom. The number of rotatable bonds is 4. The first-order chi connectivity index (χ1) is 12.4. The van der Waals surface area contributed by atoms with Crippen LogP contribution in [0.4, 0.5) is 5.69 Å². The number of hydrogen-bond acceptors (Lipinski definition) is 7. The van der Waals surface area contributed by atoms with Crippen molar-refractivity contribution in [3.63, 3.8) is 0 Å². The number of imide groups is 1. The van der Waals surface area contributed by atoms with Gasteiger partial charge >= 0.3 is 5.69 Å². The number of amides is 2. The molecule has 1 saturated carbocycles. The van der Waals surface area contributed by atoms with Crippen molar-refractivity contribution in [1.29, 1.82) is 0 Å². The fourth-order valence-electron chi connectivity index (χ4n) is 4.11. The van der Waals surface area contributed by atoms with Crippen molar-refractivity contribution in [3.05, 3.63) is 40.0 Å². The van der Waals surface area contributed by atoms with Crippen LogP contribution in [0.25, 0.3) is 0 Å². The number of fused-ring (bicyclic) bond motifs is 5. The highest BCUT2D eigenvalue weighted by molar-refractivity contribution is 6.06. The van der Waals surface area contributed by atoms with Gasteiger partial charge in [0, 0.05) is 11.6 Å². The van der Waals surface area contributed by atoms with E-state index in [1.54, 1.807) is 0 Å². The van der Waals surface area contributed by atoms with Crippen LogP contribution in [0.2, 0.25) is 0 Å². The van der Waals surface area contributed by atoms with Gasteiger partial charge in [-0.15, -0.1) is 0 Å². The summed E-state index contributed by atoms with van der Waals surface area (Å²) in [6.45, 7) is 0. The number of benzene rings is 1. The molecule has 0 spiro atoms. The monoisotopic (exact) mass is 357 g/mol. The molecule has 9 nitrogen and oxygen atoms in total. The Bertz CT molecular complexity index is 863. The molecular weight excluding hydrogens is 342 g/mol. The van der Waals surface area contributed by atoms with E-state index in [2.05, 4.69) is 5.10 Å². The van der Waals surface area contributed by atoms with Crippen LogP contribution in [0.5, 0.6) is 11.5 Å². The number of carbonyl (C=O) groups excluding carboxylic acids is 2. The molecule has 1 aromatic carbocycles. The SMILES string of the molecule is COc1cc(/C=N\N2C(=O)[C@H]3[C@H](C2=O)[C@H]2C=C[C@H]3C2)cc([N+](=O)[O-])c1O. The maximum absolute atomic E-state index is 12.5. The smallest absolute Gasteiger partial charge is 0.315 e. The third kappa shape index (κ3) is 2.20. The van der Waals surface area contributed by atoms with Gasteiger partial charge in [0.15, 0.2) is 5.75 Å². The Kier molecular flexibility index (Phi) is 3.53. The summed E-state index contributed by atoms with van der Waals surface area (Å²) < 4.78 is 4.92. The van der Waals surface area contributed by atoms with Gasteiger partial charge in [0.1, 0.15) is 0 Å². The van der Waals surface area contributed by atoms with Crippen LogP contribution in [0.15, 0.2) is 29.4 Å². The Morgan fingerprint density at radius 2 is 1.88 bits per heavy atom. The number of phenolic OH excluding ortho intramolecular Hbond substituents is 1. The zero-order valence-corrected chi connectivity index (χ0v) is 13.7. The van der Waals surface area contributed by atoms with Gasteiger partial charge in [0.25, 0.3) is 11.8 Å². The van der Waals surface area contributed by atoms with E-state index in [1.807, 2.05) is 12.2 Å². The Balaban J connectivity index is 1.63. The topological polar surface area (TPSA) is 122 Å². The van der Waals surface area contributed by atoms with Gasteiger partial charge in [-0.25, -0.2) is 0 Å². The summed E-state index contributed by atoms with van der Waals surface area (Å²) in [7, 11) is 1.26. The van der Waals surface area contributed by atoms with Gasteiger partial charge in [0.05, 0.1) is 30.1 Å². The van der Waals surface area contributed by atoms with Gasteiger partial charge in [-0.05, 0) is 24.3 Å². The maximum Gasteiger partial charge on any atom is 0.315 e. The summed E-state index contributed by atoms with van der Waals surface area (Å²) in [5.41, 5.74) is -0.325. The molecule has 1 aliphatic heterocycles. The number of ether oxygens (including phenoxy) is 1. The summed E-state index contributed by atoms with van der Waals surface area (Å²) in [6, 6.07) is 2.43. The summed E-state index contributed by atoms with van der Waals surface area (Å²) in [6.07, 6.45) is 5.98. The molecule has 4 atom stereocenters. The predicted octanol–water partition coefficient (Wildman–Crippen LogP) is 1.45. The van der Waals surface area contributed by atoms with Crippen LogP contribution in [-0.2, 0) is 9.59 Å². The highest BCUT2D eigenvalue weighted by Crippen LogP contribution is 2.52. The van der Waals surface area contributed by atoms with E-state index in [0.29, 0.717) is 0 Å². The van der Waals surface area contributed by atoms with Gasteiger partial charge in [-0.2, -0.15) is 10.1 Å². The second kappa shape index (κ2) is 5.65. The quantitative estimate of drug-likeness (QED) is 0.286. The normalized spacial score (nSPS) is 29.0. The first-order valence-electron chi connectivity index (χ1n) is 8.08. The molecule has 2 amide bonds. The Labute approximate surface area is 147 Å². The minimum atomic E-state index is -0.755. The predicted molar refractivity (Wildman–Crippen MR) is 88.5 cm³/mol. The molecular formula is C17H15N3O6. The lowest BCUT2D eigenvalue weighted by Crippen LogP contribution is -2.28. The lowest BCUT2D eigenvalue weighted by molar-refractivity contribution is -0.386. The summed E-state index contributed by atoms with van der Waals surface area (Å²) in [5, 5.41) is 25.6. The number of aromatic hydroxyl groups is 1. The zero-order valence-electron chi connectivity index (χ0n) is 13.7. The number of phenols is 1. The van der Waals surface area contributed by atoms with Crippen molar-refractivity contribution in [3.8, 4) is 11.5 Å². The lowest BCUT2D eigenvalue weighted by Gasteiger charge is -2.13. The van der Waals surface area contributed by atoms with Gasteiger partial charge in [-0.1, -0.05) is 12.2 Å². The van der Waals surface area contributed by atoms with Crippen molar-refractivity contribution in [2.24, 2.45) is 28.8 Å². The number of methoxy groups -OCH3 is 1. The molecule has 1 N–H and O–H groups in total. The highest BCUT2D eigenvalue weighted by Gasteiger charge is 2.59. The van der Waals surface area contributed by atoms with E-state index < -0.39 is 16.4 Å². The number of hydrogen-bond donors (Lipinski definition) is 1. The second-order valence-corrected chi connectivity index (χ2v) is 6.58. The maximum atomic E-state index is 12.5. The van der Waals surface area contributed by atoms with E-state index in [4.69, 9.17) is 4.74 Å².